The molecule has 1 aliphatic heterocycles. The van der Waals surface area contributed by atoms with E-state index >= 15 is 0 Å². The molecule has 2 aromatic rings. The van der Waals surface area contributed by atoms with Gasteiger partial charge in [0.05, 0.1) is 25.8 Å². The van der Waals surface area contributed by atoms with Crippen LogP contribution in [0.5, 0.6) is 11.5 Å². The molecule has 1 saturated heterocycles. The zero-order valence-electron chi connectivity index (χ0n) is 18.1. The smallest absolute Gasteiger partial charge is 0.295 e. The summed E-state index contributed by atoms with van der Waals surface area (Å²) in [5.41, 5.74) is 2.25. The number of amides is 1. The van der Waals surface area contributed by atoms with Crippen molar-refractivity contribution in [3.8, 4) is 11.5 Å². The highest BCUT2D eigenvalue weighted by molar-refractivity contribution is 6.46. The SMILES string of the molecule is COc1cccc(C2/C(=C(/O)c3ccc(C)cc3)C(=O)C(=O)N2C2CCCC2)c1OC. The molecule has 31 heavy (non-hydrogen) atoms. The number of nitrogens with zero attached hydrogens (tertiary/aromatic N) is 1. The summed E-state index contributed by atoms with van der Waals surface area (Å²) in [7, 11) is 3.07. The Labute approximate surface area is 182 Å². The van der Waals surface area contributed by atoms with Gasteiger partial charge in [0.15, 0.2) is 11.5 Å². The van der Waals surface area contributed by atoms with Gasteiger partial charge in [-0.1, -0.05) is 54.8 Å². The van der Waals surface area contributed by atoms with E-state index in [1.54, 1.807) is 36.3 Å². The maximum atomic E-state index is 13.2. The molecule has 0 radical (unpaired) electrons. The first-order valence-corrected chi connectivity index (χ1v) is 10.6. The third-order valence-electron chi connectivity index (χ3n) is 6.25. The number of aliphatic hydroxyl groups is 1. The summed E-state index contributed by atoms with van der Waals surface area (Å²) in [6.45, 7) is 1.95. The number of Topliss-reactive ketones (excluding diaryl/α,β-unsaturated/α-hetero) is 1. The summed E-state index contributed by atoms with van der Waals surface area (Å²) in [6, 6.07) is 11.8. The summed E-state index contributed by atoms with van der Waals surface area (Å²) in [4.78, 5) is 28.0. The molecule has 0 spiro atoms. The van der Waals surface area contributed by atoms with E-state index in [0.717, 1.165) is 31.2 Å². The lowest BCUT2D eigenvalue weighted by Gasteiger charge is -2.31. The number of carbonyl (C=O) groups excluding carboxylic acids is 2. The van der Waals surface area contributed by atoms with Crippen LogP contribution >= 0.6 is 0 Å². The number of methoxy groups -OCH3 is 2. The minimum Gasteiger partial charge on any atom is -0.507 e. The van der Waals surface area contributed by atoms with Crippen LogP contribution < -0.4 is 9.47 Å². The number of likely N-dealkylation sites (tertiary alicyclic amines) is 1. The molecule has 1 unspecified atom stereocenters. The Morgan fingerprint density at radius 2 is 1.68 bits per heavy atom. The number of hydrogen-bond acceptors (Lipinski definition) is 5. The lowest BCUT2D eigenvalue weighted by atomic mass is 9.93. The van der Waals surface area contributed by atoms with Gasteiger partial charge in [-0.15, -0.1) is 0 Å². The van der Waals surface area contributed by atoms with Gasteiger partial charge < -0.3 is 19.5 Å². The summed E-state index contributed by atoms with van der Waals surface area (Å²) in [6.07, 6.45) is 3.68. The molecule has 2 aliphatic rings. The zero-order valence-corrected chi connectivity index (χ0v) is 18.1. The van der Waals surface area contributed by atoms with Crippen molar-refractivity contribution in [2.45, 2.75) is 44.7 Å². The van der Waals surface area contributed by atoms with E-state index in [0.29, 0.717) is 22.6 Å². The van der Waals surface area contributed by atoms with Gasteiger partial charge in [0, 0.05) is 17.2 Å². The fourth-order valence-corrected chi connectivity index (χ4v) is 4.71. The van der Waals surface area contributed by atoms with Crippen LogP contribution in [0.1, 0.15) is 48.4 Å². The number of aliphatic hydroxyl groups excluding tert-OH is 1. The van der Waals surface area contributed by atoms with Crippen molar-refractivity contribution >= 4 is 17.4 Å². The molecule has 1 N–H and O–H groups in total. The fourth-order valence-electron chi connectivity index (χ4n) is 4.71. The molecule has 1 aliphatic carbocycles. The molecular weight excluding hydrogens is 394 g/mol. The number of para-hydroxylation sites is 1. The Morgan fingerprint density at radius 1 is 1.00 bits per heavy atom. The molecule has 6 nitrogen and oxygen atoms in total. The lowest BCUT2D eigenvalue weighted by Crippen LogP contribution is -2.37. The molecule has 1 heterocycles. The van der Waals surface area contributed by atoms with E-state index in [4.69, 9.17) is 9.47 Å². The highest BCUT2D eigenvalue weighted by atomic mass is 16.5. The van der Waals surface area contributed by atoms with Crippen molar-refractivity contribution < 1.29 is 24.2 Å². The number of ether oxygens (including phenoxy) is 2. The molecule has 6 heteroatoms. The van der Waals surface area contributed by atoms with Crippen LogP contribution in [0.15, 0.2) is 48.0 Å². The topological polar surface area (TPSA) is 76.1 Å². The minimum absolute atomic E-state index is 0.0549. The second-order valence-electron chi connectivity index (χ2n) is 8.09. The highest BCUT2D eigenvalue weighted by Gasteiger charge is 2.50. The van der Waals surface area contributed by atoms with Crippen molar-refractivity contribution in [1.29, 1.82) is 0 Å². The van der Waals surface area contributed by atoms with Crippen LogP contribution in [0.3, 0.4) is 0 Å². The monoisotopic (exact) mass is 421 g/mol. The average molecular weight is 421 g/mol. The van der Waals surface area contributed by atoms with E-state index < -0.39 is 17.7 Å². The molecular formula is C25H27NO5. The predicted octanol–water partition coefficient (Wildman–Crippen LogP) is 4.38. The van der Waals surface area contributed by atoms with Crippen LogP contribution in [0, 0.1) is 6.92 Å². The third kappa shape index (κ3) is 3.56. The van der Waals surface area contributed by atoms with Crippen molar-refractivity contribution in [2.24, 2.45) is 0 Å². The van der Waals surface area contributed by atoms with E-state index in [2.05, 4.69) is 0 Å². The number of ketones is 1. The maximum Gasteiger partial charge on any atom is 0.295 e. The van der Waals surface area contributed by atoms with Gasteiger partial charge in [-0.2, -0.15) is 0 Å². The minimum atomic E-state index is -0.741. The van der Waals surface area contributed by atoms with Crippen LogP contribution in [0.2, 0.25) is 0 Å². The van der Waals surface area contributed by atoms with Gasteiger partial charge in [-0.3, -0.25) is 9.59 Å². The van der Waals surface area contributed by atoms with E-state index in [1.807, 2.05) is 25.1 Å². The van der Waals surface area contributed by atoms with Crippen LogP contribution in [0.4, 0.5) is 0 Å². The molecule has 0 bridgehead atoms. The van der Waals surface area contributed by atoms with Crippen LogP contribution in [-0.4, -0.2) is 42.0 Å². The second kappa shape index (κ2) is 8.46. The van der Waals surface area contributed by atoms with E-state index in [9.17, 15) is 14.7 Å². The Hall–Kier alpha value is -3.28. The molecule has 1 saturated carbocycles. The molecule has 4 rings (SSSR count). The Kier molecular flexibility index (Phi) is 5.72. The highest BCUT2D eigenvalue weighted by Crippen LogP contribution is 2.47. The molecule has 1 amide bonds. The number of aryl methyl sites for hydroxylation is 1. The molecule has 2 fully saturated rings. The van der Waals surface area contributed by atoms with Gasteiger partial charge in [0.2, 0.25) is 0 Å². The summed E-state index contributed by atoms with van der Waals surface area (Å²) < 4.78 is 11.1. The first-order chi connectivity index (χ1) is 15.0. The first kappa shape index (κ1) is 21.0. The van der Waals surface area contributed by atoms with Gasteiger partial charge in [-0.25, -0.2) is 0 Å². The number of rotatable bonds is 5. The van der Waals surface area contributed by atoms with Crippen molar-refractivity contribution in [3.05, 3.63) is 64.7 Å². The molecule has 2 aromatic carbocycles. The number of carbonyl (C=O) groups is 2. The summed E-state index contributed by atoms with van der Waals surface area (Å²) in [5.74, 6) is -0.453. The summed E-state index contributed by atoms with van der Waals surface area (Å²) >= 11 is 0. The van der Waals surface area contributed by atoms with E-state index in [-0.39, 0.29) is 17.4 Å². The second-order valence-corrected chi connectivity index (χ2v) is 8.09. The standard InChI is InChI=1S/C25H27NO5/c1-15-11-13-16(14-12-15)22(27)20-21(18-9-6-10-19(30-2)24(18)31-3)26(25(29)23(20)28)17-7-4-5-8-17/h6,9-14,17,21,27H,4-5,7-8H2,1-3H3/b22-20-. The van der Waals surface area contributed by atoms with Crippen molar-refractivity contribution in [1.82, 2.24) is 4.90 Å². The largest absolute Gasteiger partial charge is 0.507 e. The Morgan fingerprint density at radius 3 is 2.29 bits per heavy atom. The zero-order chi connectivity index (χ0) is 22.1. The third-order valence-corrected chi connectivity index (χ3v) is 6.25. The lowest BCUT2D eigenvalue weighted by molar-refractivity contribution is -0.141. The maximum absolute atomic E-state index is 13.2. The average Bonchev–Trinajstić information content (AvgIpc) is 3.40. The van der Waals surface area contributed by atoms with E-state index in [1.165, 1.54) is 7.11 Å². The predicted molar refractivity (Wildman–Crippen MR) is 117 cm³/mol. The normalized spacial score (nSPS) is 21.0. The fraction of sp³-hybridized carbons (Fsp3) is 0.360. The number of hydrogen-bond donors (Lipinski definition) is 1. The first-order valence-electron chi connectivity index (χ1n) is 10.6. The molecule has 0 aromatic heterocycles. The van der Waals surface area contributed by atoms with Gasteiger partial charge in [0.25, 0.3) is 11.7 Å². The van der Waals surface area contributed by atoms with Gasteiger partial charge in [0.1, 0.15) is 5.76 Å². The van der Waals surface area contributed by atoms with Crippen LogP contribution in [-0.2, 0) is 9.59 Å². The molecule has 1 atom stereocenters. The van der Waals surface area contributed by atoms with Crippen molar-refractivity contribution in [2.75, 3.05) is 14.2 Å². The van der Waals surface area contributed by atoms with Gasteiger partial charge in [-0.05, 0) is 25.8 Å². The molecule has 162 valence electrons. The quantitative estimate of drug-likeness (QED) is 0.441. The van der Waals surface area contributed by atoms with Crippen LogP contribution in [0.25, 0.3) is 5.76 Å². The van der Waals surface area contributed by atoms with Crippen molar-refractivity contribution in [3.63, 3.8) is 0 Å². The summed E-state index contributed by atoms with van der Waals surface area (Å²) in [5, 5.41) is 11.2. The Bertz CT molecular complexity index is 1030. The number of benzene rings is 2. The Balaban J connectivity index is 1.95. The van der Waals surface area contributed by atoms with Gasteiger partial charge >= 0.3 is 0 Å².